The van der Waals surface area contributed by atoms with Crippen LogP contribution < -0.4 is 5.32 Å². The summed E-state index contributed by atoms with van der Waals surface area (Å²) >= 11 is 6.06. The predicted octanol–water partition coefficient (Wildman–Crippen LogP) is 5.50. The Morgan fingerprint density at radius 2 is 1.78 bits per heavy atom. The highest BCUT2D eigenvalue weighted by Crippen LogP contribution is 2.36. The largest absolute Gasteiger partial charge is 0.505 e. The van der Waals surface area contributed by atoms with Crippen LogP contribution in [0.1, 0.15) is 22.7 Å². The number of benzene rings is 2. The molecule has 2 N–H and O–H groups in total. The van der Waals surface area contributed by atoms with Crippen molar-refractivity contribution in [2.24, 2.45) is 0 Å². The second-order valence-corrected chi connectivity index (χ2v) is 6.86. The van der Waals surface area contributed by atoms with Crippen LogP contribution in [-0.2, 0) is 0 Å². The highest BCUT2D eigenvalue weighted by atomic mass is 35.5. The van der Waals surface area contributed by atoms with Crippen LogP contribution in [0.15, 0.2) is 73.1 Å². The molecule has 0 saturated carbocycles. The molecule has 4 nitrogen and oxygen atoms in total. The third-order valence-corrected chi connectivity index (χ3v) is 4.75. The van der Waals surface area contributed by atoms with Crippen LogP contribution in [0.3, 0.4) is 0 Å². The summed E-state index contributed by atoms with van der Waals surface area (Å²) in [5.41, 5.74) is 3.37. The first-order valence-electron chi connectivity index (χ1n) is 8.63. The molecule has 4 rings (SSSR count). The van der Waals surface area contributed by atoms with Crippen molar-refractivity contribution in [1.82, 2.24) is 9.97 Å². The maximum Gasteiger partial charge on any atom is 0.147 e. The number of aromatic nitrogens is 2. The molecule has 0 aliphatic carbocycles. The van der Waals surface area contributed by atoms with Crippen LogP contribution >= 0.6 is 11.6 Å². The molecule has 1 unspecified atom stereocenters. The third-order valence-electron chi connectivity index (χ3n) is 4.50. The Morgan fingerprint density at radius 3 is 2.56 bits per heavy atom. The van der Waals surface area contributed by atoms with Gasteiger partial charge in [0.2, 0.25) is 0 Å². The number of phenols is 1. The van der Waals surface area contributed by atoms with Crippen LogP contribution in [0.5, 0.6) is 5.75 Å². The first-order valence-corrected chi connectivity index (χ1v) is 9.01. The van der Waals surface area contributed by atoms with Crippen LogP contribution in [0.4, 0.5) is 5.82 Å². The number of nitrogens with one attached hydrogen (secondary N) is 1. The third kappa shape index (κ3) is 3.57. The van der Waals surface area contributed by atoms with Gasteiger partial charge in [-0.3, -0.25) is 4.98 Å². The Bertz CT molecular complexity index is 1100. The number of aromatic hydroxyl groups is 1. The molecule has 0 aliphatic rings. The molecule has 0 fully saturated rings. The van der Waals surface area contributed by atoms with Crippen LogP contribution in [-0.4, -0.2) is 15.1 Å². The average Bonchev–Trinajstić information content (AvgIpc) is 2.68. The van der Waals surface area contributed by atoms with Gasteiger partial charge in [0.05, 0.1) is 6.04 Å². The second kappa shape index (κ2) is 7.25. The zero-order chi connectivity index (χ0) is 18.8. The smallest absolute Gasteiger partial charge is 0.147 e. The van der Waals surface area contributed by atoms with Gasteiger partial charge in [-0.1, -0.05) is 41.9 Å². The van der Waals surface area contributed by atoms with Crippen molar-refractivity contribution in [3.05, 3.63) is 94.8 Å². The molecule has 4 aromatic rings. The van der Waals surface area contributed by atoms with E-state index in [0.717, 1.165) is 27.9 Å². The number of hydrogen-bond donors (Lipinski definition) is 2. The first kappa shape index (κ1) is 17.3. The van der Waals surface area contributed by atoms with Gasteiger partial charge in [0, 0.05) is 28.4 Å². The Labute approximate surface area is 162 Å². The van der Waals surface area contributed by atoms with Gasteiger partial charge in [-0.05, 0) is 48.4 Å². The number of pyridine rings is 2. The number of nitrogens with zero attached hydrogens (tertiary/aromatic N) is 2. The monoisotopic (exact) mass is 375 g/mol. The van der Waals surface area contributed by atoms with E-state index < -0.39 is 0 Å². The minimum atomic E-state index is -0.303. The number of rotatable bonds is 4. The molecule has 134 valence electrons. The average molecular weight is 376 g/mol. The van der Waals surface area contributed by atoms with E-state index in [2.05, 4.69) is 15.3 Å². The Morgan fingerprint density at radius 1 is 0.963 bits per heavy atom. The topological polar surface area (TPSA) is 58.0 Å². The van der Waals surface area contributed by atoms with Crippen molar-refractivity contribution in [2.75, 3.05) is 5.32 Å². The summed E-state index contributed by atoms with van der Waals surface area (Å²) in [6.45, 7) is 2.02. The highest BCUT2D eigenvalue weighted by Gasteiger charge is 2.20. The van der Waals surface area contributed by atoms with E-state index >= 15 is 0 Å². The van der Waals surface area contributed by atoms with Crippen LogP contribution in [0.2, 0.25) is 5.02 Å². The summed E-state index contributed by atoms with van der Waals surface area (Å²) in [6.07, 6.45) is 3.44. The summed E-state index contributed by atoms with van der Waals surface area (Å²) in [5, 5.41) is 15.9. The predicted molar refractivity (Wildman–Crippen MR) is 109 cm³/mol. The highest BCUT2D eigenvalue weighted by molar-refractivity contribution is 6.30. The lowest BCUT2D eigenvalue weighted by Crippen LogP contribution is -2.13. The van der Waals surface area contributed by atoms with E-state index in [1.54, 1.807) is 12.4 Å². The van der Waals surface area contributed by atoms with Gasteiger partial charge in [-0.25, -0.2) is 4.98 Å². The van der Waals surface area contributed by atoms with Gasteiger partial charge < -0.3 is 10.4 Å². The zero-order valence-electron chi connectivity index (χ0n) is 14.7. The lowest BCUT2D eigenvalue weighted by molar-refractivity contribution is 0.471. The van der Waals surface area contributed by atoms with Crippen LogP contribution in [0, 0.1) is 6.92 Å². The van der Waals surface area contributed by atoms with Crippen molar-refractivity contribution in [3.8, 4) is 5.75 Å². The molecule has 0 spiro atoms. The molecule has 27 heavy (non-hydrogen) atoms. The van der Waals surface area contributed by atoms with Crippen molar-refractivity contribution >= 4 is 28.3 Å². The number of phenolic OH excluding ortho intramolecular Hbond substituents is 1. The second-order valence-electron chi connectivity index (χ2n) is 6.43. The fourth-order valence-corrected chi connectivity index (χ4v) is 3.26. The molecular weight excluding hydrogens is 358 g/mol. The van der Waals surface area contributed by atoms with E-state index in [9.17, 15) is 5.11 Å². The Balaban J connectivity index is 1.84. The molecule has 0 radical (unpaired) electrons. The molecule has 0 saturated heterocycles. The fraction of sp³-hybridized carbons (Fsp3) is 0.0909. The van der Waals surface area contributed by atoms with Crippen molar-refractivity contribution in [3.63, 3.8) is 0 Å². The Kier molecular flexibility index (Phi) is 4.65. The molecule has 0 aliphatic heterocycles. The molecular formula is C22H18ClN3O. The zero-order valence-corrected chi connectivity index (χ0v) is 15.5. The molecule has 2 heterocycles. The number of anilines is 1. The number of fused-ring (bicyclic) bond motifs is 1. The first-order chi connectivity index (χ1) is 13.1. The maximum absolute atomic E-state index is 10.9. The van der Waals surface area contributed by atoms with Gasteiger partial charge in [0.1, 0.15) is 17.1 Å². The van der Waals surface area contributed by atoms with Gasteiger partial charge in [-0.2, -0.15) is 0 Å². The lowest BCUT2D eigenvalue weighted by Gasteiger charge is -2.22. The summed E-state index contributed by atoms with van der Waals surface area (Å²) in [4.78, 5) is 8.74. The van der Waals surface area contributed by atoms with Gasteiger partial charge in [-0.15, -0.1) is 0 Å². The molecule has 2 aromatic heterocycles. The SMILES string of the molecule is Cc1ccnc(NC(c2ccc(Cl)cc2)c2ccc3cccnc3c2O)c1. The summed E-state index contributed by atoms with van der Waals surface area (Å²) in [5.74, 6) is 0.892. The lowest BCUT2D eigenvalue weighted by atomic mass is 9.96. The standard InChI is InChI=1S/C22H18ClN3O/c1-14-10-12-24-19(13-14)26-20(16-4-7-17(23)8-5-16)18-9-6-15-3-2-11-25-21(15)22(18)27/h2-13,20,27H,1H3,(H,24,26). The molecule has 1 atom stereocenters. The van der Waals surface area contributed by atoms with E-state index in [1.165, 1.54) is 0 Å². The quantitative estimate of drug-likeness (QED) is 0.494. The maximum atomic E-state index is 10.9. The van der Waals surface area contributed by atoms with Crippen LogP contribution in [0.25, 0.3) is 10.9 Å². The van der Waals surface area contributed by atoms with Gasteiger partial charge in [0.15, 0.2) is 0 Å². The number of hydrogen-bond acceptors (Lipinski definition) is 4. The molecule has 0 bridgehead atoms. The Hall–Kier alpha value is -3.11. The molecule has 5 heteroatoms. The van der Waals surface area contributed by atoms with Crippen molar-refractivity contribution in [1.29, 1.82) is 0 Å². The van der Waals surface area contributed by atoms with Gasteiger partial charge >= 0.3 is 0 Å². The molecule has 2 aromatic carbocycles. The van der Waals surface area contributed by atoms with E-state index in [0.29, 0.717) is 10.5 Å². The summed E-state index contributed by atoms with van der Waals surface area (Å²) in [6, 6.07) is 18.8. The fourth-order valence-electron chi connectivity index (χ4n) is 3.14. The minimum Gasteiger partial charge on any atom is -0.505 e. The van der Waals surface area contributed by atoms with E-state index in [4.69, 9.17) is 11.6 Å². The number of halogens is 1. The molecule has 0 amide bonds. The van der Waals surface area contributed by atoms with Crippen molar-refractivity contribution < 1.29 is 5.11 Å². The number of aryl methyl sites for hydroxylation is 1. The van der Waals surface area contributed by atoms with Crippen molar-refractivity contribution in [2.45, 2.75) is 13.0 Å². The van der Waals surface area contributed by atoms with E-state index in [1.807, 2.05) is 67.6 Å². The van der Waals surface area contributed by atoms with Gasteiger partial charge in [0.25, 0.3) is 0 Å². The summed E-state index contributed by atoms with van der Waals surface area (Å²) < 4.78 is 0. The normalized spacial score (nSPS) is 12.1. The minimum absolute atomic E-state index is 0.160. The summed E-state index contributed by atoms with van der Waals surface area (Å²) in [7, 11) is 0. The van der Waals surface area contributed by atoms with E-state index in [-0.39, 0.29) is 11.8 Å².